The minimum absolute atomic E-state index is 0.169. The van der Waals surface area contributed by atoms with E-state index in [4.69, 9.17) is 0 Å². The summed E-state index contributed by atoms with van der Waals surface area (Å²) in [6, 6.07) is 3.42. The van der Waals surface area contributed by atoms with Gasteiger partial charge in [-0.05, 0) is 25.5 Å². The van der Waals surface area contributed by atoms with Crippen LogP contribution in [0.4, 0.5) is 10.5 Å². The lowest BCUT2D eigenvalue weighted by atomic mass is 10.3. The zero-order chi connectivity index (χ0) is 10.4. The molecule has 1 rings (SSSR count). The molecule has 0 saturated heterocycles. The van der Waals surface area contributed by atoms with Crippen LogP contribution in [0.2, 0.25) is 0 Å². The molecule has 2 amide bonds. The molecule has 4 heteroatoms. The van der Waals surface area contributed by atoms with Gasteiger partial charge in [0.05, 0.1) is 0 Å². The molecule has 0 aliphatic carbocycles. The molecule has 4 nitrogen and oxygen atoms in total. The van der Waals surface area contributed by atoms with Gasteiger partial charge >= 0.3 is 6.03 Å². The van der Waals surface area contributed by atoms with Crippen LogP contribution < -0.4 is 10.6 Å². The minimum atomic E-state index is -0.169. The van der Waals surface area contributed by atoms with Crippen molar-refractivity contribution in [2.45, 2.75) is 20.3 Å². The Morgan fingerprint density at radius 3 is 3.00 bits per heavy atom. The van der Waals surface area contributed by atoms with E-state index in [0.29, 0.717) is 6.54 Å². The highest BCUT2D eigenvalue weighted by molar-refractivity contribution is 5.89. The SMILES string of the molecule is CCCNC(=O)Nc1ccnc(C)c1. The average Bonchev–Trinajstić information content (AvgIpc) is 2.15. The number of hydrogen-bond acceptors (Lipinski definition) is 2. The predicted molar refractivity (Wildman–Crippen MR) is 56.3 cm³/mol. The standard InChI is InChI=1S/C10H15N3O/c1-3-5-12-10(14)13-9-4-6-11-8(2)7-9/h4,6-7H,3,5H2,1-2H3,(H2,11,12,13,14). The van der Waals surface area contributed by atoms with Gasteiger partial charge in [-0.15, -0.1) is 0 Å². The zero-order valence-electron chi connectivity index (χ0n) is 8.50. The van der Waals surface area contributed by atoms with Crippen molar-refractivity contribution < 1.29 is 4.79 Å². The van der Waals surface area contributed by atoms with Gasteiger partial charge in [0.1, 0.15) is 0 Å². The zero-order valence-corrected chi connectivity index (χ0v) is 8.50. The number of carbonyl (C=O) groups excluding carboxylic acids is 1. The molecule has 0 spiro atoms. The Hall–Kier alpha value is -1.58. The molecule has 0 bridgehead atoms. The smallest absolute Gasteiger partial charge is 0.319 e. The number of nitrogens with zero attached hydrogens (tertiary/aromatic N) is 1. The number of pyridine rings is 1. The first kappa shape index (κ1) is 10.5. The van der Waals surface area contributed by atoms with E-state index in [1.807, 2.05) is 19.9 Å². The second-order valence-electron chi connectivity index (χ2n) is 3.07. The lowest BCUT2D eigenvalue weighted by Gasteiger charge is -2.06. The highest BCUT2D eigenvalue weighted by Crippen LogP contribution is 2.06. The summed E-state index contributed by atoms with van der Waals surface area (Å²) < 4.78 is 0. The third kappa shape index (κ3) is 3.43. The van der Waals surface area contributed by atoms with Crippen LogP contribution in [0.3, 0.4) is 0 Å². The van der Waals surface area contributed by atoms with E-state index in [-0.39, 0.29) is 6.03 Å². The van der Waals surface area contributed by atoms with Crippen molar-refractivity contribution in [3.05, 3.63) is 24.0 Å². The van der Waals surface area contributed by atoms with Crippen LogP contribution in [0.5, 0.6) is 0 Å². The van der Waals surface area contributed by atoms with E-state index in [2.05, 4.69) is 15.6 Å². The van der Waals surface area contributed by atoms with Gasteiger partial charge in [-0.25, -0.2) is 4.79 Å². The molecule has 76 valence electrons. The van der Waals surface area contributed by atoms with Crippen molar-refractivity contribution in [1.82, 2.24) is 10.3 Å². The van der Waals surface area contributed by atoms with Gasteiger partial charge in [-0.1, -0.05) is 6.92 Å². The molecule has 0 unspecified atom stereocenters. The molecule has 0 saturated carbocycles. The number of nitrogens with one attached hydrogen (secondary N) is 2. The normalized spacial score (nSPS) is 9.57. The van der Waals surface area contributed by atoms with Gasteiger partial charge in [-0.3, -0.25) is 4.98 Å². The number of hydrogen-bond donors (Lipinski definition) is 2. The first-order valence-corrected chi connectivity index (χ1v) is 4.70. The van der Waals surface area contributed by atoms with Crippen molar-refractivity contribution in [1.29, 1.82) is 0 Å². The second kappa shape index (κ2) is 5.21. The first-order valence-electron chi connectivity index (χ1n) is 4.70. The number of amides is 2. The Bertz CT molecular complexity index is 312. The number of aromatic nitrogens is 1. The molecule has 0 aromatic carbocycles. The Kier molecular flexibility index (Phi) is 3.91. The fraction of sp³-hybridized carbons (Fsp3) is 0.400. The van der Waals surface area contributed by atoms with Gasteiger partial charge in [0.15, 0.2) is 0 Å². The summed E-state index contributed by atoms with van der Waals surface area (Å²) in [6.07, 6.45) is 2.60. The maximum absolute atomic E-state index is 11.2. The second-order valence-corrected chi connectivity index (χ2v) is 3.07. The molecule has 0 aliphatic rings. The van der Waals surface area contributed by atoms with Crippen LogP contribution in [-0.4, -0.2) is 17.6 Å². The Morgan fingerprint density at radius 2 is 2.36 bits per heavy atom. The summed E-state index contributed by atoms with van der Waals surface area (Å²) in [7, 11) is 0. The topological polar surface area (TPSA) is 54.0 Å². The van der Waals surface area contributed by atoms with Crippen LogP contribution in [0.25, 0.3) is 0 Å². The van der Waals surface area contributed by atoms with Crippen molar-refractivity contribution in [3.63, 3.8) is 0 Å². The number of rotatable bonds is 3. The summed E-state index contributed by atoms with van der Waals surface area (Å²) >= 11 is 0. The van der Waals surface area contributed by atoms with Crippen molar-refractivity contribution in [2.24, 2.45) is 0 Å². The maximum Gasteiger partial charge on any atom is 0.319 e. The van der Waals surface area contributed by atoms with Crippen LogP contribution in [0.1, 0.15) is 19.0 Å². The fourth-order valence-corrected chi connectivity index (χ4v) is 1.04. The van der Waals surface area contributed by atoms with E-state index >= 15 is 0 Å². The summed E-state index contributed by atoms with van der Waals surface area (Å²) in [6.45, 7) is 4.59. The van der Waals surface area contributed by atoms with Gasteiger partial charge in [-0.2, -0.15) is 0 Å². The van der Waals surface area contributed by atoms with E-state index in [1.54, 1.807) is 12.3 Å². The molecule has 1 aromatic heterocycles. The molecule has 1 heterocycles. The summed E-state index contributed by atoms with van der Waals surface area (Å²) in [4.78, 5) is 15.3. The number of carbonyl (C=O) groups is 1. The van der Waals surface area contributed by atoms with Gasteiger partial charge in [0.25, 0.3) is 0 Å². The van der Waals surface area contributed by atoms with Gasteiger partial charge in [0, 0.05) is 24.1 Å². The molecule has 0 atom stereocenters. The van der Waals surface area contributed by atoms with Gasteiger partial charge in [0.2, 0.25) is 0 Å². The van der Waals surface area contributed by atoms with Crippen molar-refractivity contribution in [3.8, 4) is 0 Å². The molecule has 14 heavy (non-hydrogen) atoms. The molecular formula is C10H15N3O. The molecule has 1 aromatic rings. The van der Waals surface area contributed by atoms with Gasteiger partial charge < -0.3 is 10.6 Å². The minimum Gasteiger partial charge on any atom is -0.338 e. The lowest BCUT2D eigenvalue weighted by Crippen LogP contribution is -2.29. The van der Waals surface area contributed by atoms with E-state index in [9.17, 15) is 4.79 Å². The molecule has 0 radical (unpaired) electrons. The number of aryl methyl sites for hydroxylation is 1. The van der Waals surface area contributed by atoms with Crippen LogP contribution in [0.15, 0.2) is 18.3 Å². The lowest BCUT2D eigenvalue weighted by molar-refractivity contribution is 0.252. The summed E-state index contributed by atoms with van der Waals surface area (Å²) in [5, 5.41) is 5.46. The Morgan fingerprint density at radius 1 is 1.57 bits per heavy atom. The van der Waals surface area contributed by atoms with E-state index < -0.39 is 0 Å². The third-order valence-electron chi connectivity index (χ3n) is 1.69. The monoisotopic (exact) mass is 193 g/mol. The highest BCUT2D eigenvalue weighted by Gasteiger charge is 1.99. The largest absolute Gasteiger partial charge is 0.338 e. The quantitative estimate of drug-likeness (QED) is 0.770. The third-order valence-corrected chi connectivity index (χ3v) is 1.69. The highest BCUT2D eigenvalue weighted by atomic mass is 16.2. The molecule has 0 aliphatic heterocycles. The Balaban J connectivity index is 2.47. The number of anilines is 1. The fourth-order valence-electron chi connectivity index (χ4n) is 1.04. The van der Waals surface area contributed by atoms with E-state index in [1.165, 1.54) is 0 Å². The van der Waals surface area contributed by atoms with Crippen molar-refractivity contribution >= 4 is 11.7 Å². The van der Waals surface area contributed by atoms with Crippen molar-refractivity contribution in [2.75, 3.05) is 11.9 Å². The van der Waals surface area contributed by atoms with Crippen LogP contribution >= 0.6 is 0 Å². The summed E-state index contributed by atoms with van der Waals surface area (Å²) in [5.41, 5.74) is 1.66. The first-order chi connectivity index (χ1) is 6.72. The molecule has 0 fully saturated rings. The molecular weight excluding hydrogens is 178 g/mol. The Labute approximate surface area is 83.7 Å². The van der Waals surface area contributed by atoms with E-state index in [0.717, 1.165) is 17.8 Å². The summed E-state index contributed by atoms with van der Waals surface area (Å²) in [5.74, 6) is 0. The van der Waals surface area contributed by atoms with Crippen LogP contribution in [0, 0.1) is 6.92 Å². The van der Waals surface area contributed by atoms with Crippen LogP contribution in [-0.2, 0) is 0 Å². The maximum atomic E-state index is 11.2. The molecule has 2 N–H and O–H groups in total. The number of urea groups is 1. The predicted octanol–water partition coefficient (Wildman–Crippen LogP) is 1.92. The average molecular weight is 193 g/mol.